The monoisotopic (exact) mass is 495 g/mol. The summed E-state index contributed by atoms with van der Waals surface area (Å²) in [6, 6.07) is 4.26. The van der Waals surface area contributed by atoms with E-state index in [0.29, 0.717) is 31.0 Å². The number of halogens is 3. The van der Waals surface area contributed by atoms with E-state index < -0.39 is 23.4 Å². The number of benzene rings is 1. The molecule has 35 heavy (non-hydrogen) atoms. The summed E-state index contributed by atoms with van der Waals surface area (Å²) in [6.45, 7) is 8.26. The van der Waals surface area contributed by atoms with E-state index in [9.17, 15) is 18.0 Å². The second-order valence-corrected chi connectivity index (χ2v) is 10.3. The Labute approximate surface area is 205 Å². The predicted molar refractivity (Wildman–Crippen MR) is 127 cm³/mol. The summed E-state index contributed by atoms with van der Waals surface area (Å²) in [5.41, 5.74) is -0.673. The molecule has 1 amide bonds. The number of aryl methyl sites for hydroxylation is 1. The number of unbranched alkanes of at least 4 members (excludes halogenated alkanes) is 6. The summed E-state index contributed by atoms with van der Waals surface area (Å²) in [5, 5.41) is 3.89. The van der Waals surface area contributed by atoms with Gasteiger partial charge in [-0.05, 0) is 45.2 Å². The highest BCUT2D eigenvalue weighted by Gasteiger charge is 2.38. The number of carbonyl (C=O) groups excluding carboxylic acids is 1. The van der Waals surface area contributed by atoms with Gasteiger partial charge in [-0.3, -0.25) is 0 Å². The maximum absolute atomic E-state index is 13.8. The van der Waals surface area contributed by atoms with Gasteiger partial charge in [0.1, 0.15) is 5.60 Å². The van der Waals surface area contributed by atoms with Crippen LogP contribution in [0, 0.1) is 0 Å². The SMILES string of the molecule is CCCCCCCCCc1ccc(-c2noc(C3CN(C(=O)OC(C)(C)C)C3)n2)cc1C(F)(F)F. The zero-order chi connectivity index (χ0) is 25.6. The number of aromatic nitrogens is 2. The van der Waals surface area contributed by atoms with E-state index in [1.807, 2.05) is 0 Å². The fourth-order valence-corrected chi connectivity index (χ4v) is 4.10. The minimum absolute atomic E-state index is 0.115. The van der Waals surface area contributed by atoms with Gasteiger partial charge < -0.3 is 14.2 Å². The second-order valence-electron chi connectivity index (χ2n) is 10.3. The van der Waals surface area contributed by atoms with Crippen molar-refractivity contribution in [3.05, 3.63) is 35.2 Å². The molecule has 1 aromatic carbocycles. The van der Waals surface area contributed by atoms with Crippen LogP contribution in [0.15, 0.2) is 22.7 Å². The lowest BCUT2D eigenvalue weighted by atomic mass is 9.97. The quantitative estimate of drug-likeness (QED) is 0.322. The van der Waals surface area contributed by atoms with E-state index in [1.54, 1.807) is 26.8 Å². The van der Waals surface area contributed by atoms with Crippen LogP contribution in [0.1, 0.15) is 95.6 Å². The van der Waals surface area contributed by atoms with Gasteiger partial charge in [0, 0.05) is 18.7 Å². The summed E-state index contributed by atoms with van der Waals surface area (Å²) >= 11 is 0. The van der Waals surface area contributed by atoms with E-state index in [4.69, 9.17) is 9.26 Å². The molecular weight excluding hydrogens is 459 g/mol. The molecule has 6 nitrogen and oxygen atoms in total. The van der Waals surface area contributed by atoms with Crippen LogP contribution >= 0.6 is 0 Å². The summed E-state index contributed by atoms with van der Waals surface area (Å²) in [5.74, 6) is 0.256. The van der Waals surface area contributed by atoms with Crippen molar-refractivity contribution in [3.8, 4) is 11.4 Å². The van der Waals surface area contributed by atoms with E-state index in [2.05, 4.69) is 17.1 Å². The maximum Gasteiger partial charge on any atom is 0.416 e. The number of ether oxygens (including phenoxy) is 1. The van der Waals surface area contributed by atoms with E-state index in [0.717, 1.165) is 31.7 Å². The van der Waals surface area contributed by atoms with Gasteiger partial charge in [-0.25, -0.2) is 4.79 Å². The van der Waals surface area contributed by atoms with Gasteiger partial charge in [-0.15, -0.1) is 0 Å². The van der Waals surface area contributed by atoms with Crippen molar-refractivity contribution in [3.63, 3.8) is 0 Å². The molecule has 2 heterocycles. The molecule has 0 atom stereocenters. The van der Waals surface area contributed by atoms with Gasteiger partial charge in [-0.2, -0.15) is 18.2 Å². The number of nitrogens with zero attached hydrogens (tertiary/aromatic N) is 3. The molecule has 194 valence electrons. The summed E-state index contributed by atoms with van der Waals surface area (Å²) in [7, 11) is 0. The van der Waals surface area contributed by atoms with Crippen LogP contribution in [0.4, 0.5) is 18.0 Å². The Bertz CT molecular complexity index is 976. The van der Waals surface area contributed by atoms with Gasteiger partial charge in [-0.1, -0.05) is 62.7 Å². The highest BCUT2D eigenvalue weighted by Crippen LogP contribution is 2.36. The summed E-state index contributed by atoms with van der Waals surface area (Å²) in [4.78, 5) is 17.9. The first-order valence-electron chi connectivity index (χ1n) is 12.5. The van der Waals surface area contributed by atoms with Gasteiger partial charge in [0.05, 0.1) is 11.5 Å². The highest BCUT2D eigenvalue weighted by atomic mass is 19.4. The lowest BCUT2D eigenvalue weighted by Gasteiger charge is -2.37. The van der Waals surface area contributed by atoms with Crippen molar-refractivity contribution in [2.75, 3.05) is 13.1 Å². The van der Waals surface area contributed by atoms with Crippen molar-refractivity contribution in [1.29, 1.82) is 0 Å². The highest BCUT2D eigenvalue weighted by molar-refractivity contribution is 5.69. The van der Waals surface area contributed by atoms with Gasteiger partial charge in [0.15, 0.2) is 0 Å². The first-order valence-corrected chi connectivity index (χ1v) is 12.5. The zero-order valence-electron chi connectivity index (χ0n) is 21.1. The standard InChI is InChI=1S/C26H36F3N3O3/c1-5-6-7-8-9-10-11-12-18-13-14-19(15-21(18)26(27,28)29)22-30-23(35-31-22)20-16-32(17-20)24(33)34-25(2,3)4/h13-15,20H,5-12,16-17H2,1-4H3. The van der Waals surface area contributed by atoms with E-state index >= 15 is 0 Å². The molecule has 3 rings (SSSR count). The molecule has 0 spiro atoms. The normalized spacial score (nSPS) is 14.8. The molecule has 1 saturated heterocycles. The average Bonchev–Trinajstić information content (AvgIpc) is 3.19. The molecule has 2 aromatic rings. The molecule has 1 fully saturated rings. The van der Waals surface area contributed by atoms with Crippen LogP contribution in [0.5, 0.6) is 0 Å². The van der Waals surface area contributed by atoms with Gasteiger partial charge in [0.2, 0.25) is 11.7 Å². The third-order valence-electron chi connectivity index (χ3n) is 6.05. The fourth-order valence-electron chi connectivity index (χ4n) is 4.10. The van der Waals surface area contributed by atoms with Gasteiger partial charge in [0.25, 0.3) is 0 Å². The molecule has 1 aromatic heterocycles. The van der Waals surface area contributed by atoms with Crippen molar-refractivity contribution in [2.45, 2.75) is 96.8 Å². The van der Waals surface area contributed by atoms with Crippen LogP contribution in [-0.4, -0.2) is 39.8 Å². The Morgan fingerprint density at radius 1 is 1.09 bits per heavy atom. The Hall–Kier alpha value is -2.58. The van der Waals surface area contributed by atoms with Crippen molar-refractivity contribution < 1.29 is 27.2 Å². The second kappa shape index (κ2) is 11.4. The number of alkyl halides is 3. The maximum atomic E-state index is 13.8. The van der Waals surface area contributed by atoms with Crippen LogP contribution < -0.4 is 0 Å². The third kappa shape index (κ3) is 7.70. The van der Waals surface area contributed by atoms with Gasteiger partial charge >= 0.3 is 12.3 Å². The zero-order valence-corrected chi connectivity index (χ0v) is 21.1. The van der Waals surface area contributed by atoms with Crippen molar-refractivity contribution in [1.82, 2.24) is 15.0 Å². The smallest absolute Gasteiger partial charge is 0.416 e. The predicted octanol–water partition coefficient (Wildman–Crippen LogP) is 7.38. The number of hydrogen-bond acceptors (Lipinski definition) is 5. The summed E-state index contributed by atoms with van der Waals surface area (Å²) < 4.78 is 52.0. The largest absolute Gasteiger partial charge is 0.444 e. The van der Waals surface area contributed by atoms with Crippen molar-refractivity contribution >= 4 is 6.09 Å². The van der Waals surface area contributed by atoms with E-state index in [1.165, 1.54) is 30.2 Å². The van der Waals surface area contributed by atoms with Crippen LogP contribution in [0.2, 0.25) is 0 Å². The van der Waals surface area contributed by atoms with Crippen LogP contribution in [0.25, 0.3) is 11.4 Å². The third-order valence-corrected chi connectivity index (χ3v) is 6.05. The Morgan fingerprint density at radius 2 is 1.74 bits per heavy atom. The number of amides is 1. The first-order chi connectivity index (χ1) is 16.5. The summed E-state index contributed by atoms with van der Waals surface area (Å²) in [6.07, 6.45) is 2.94. The molecule has 9 heteroatoms. The van der Waals surface area contributed by atoms with Crippen LogP contribution in [0.3, 0.4) is 0 Å². The molecule has 0 unspecified atom stereocenters. The number of rotatable bonds is 10. The Kier molecular flexibility index (Phi) is 8.83. The molecule has 1 aliphatic heterocycles. The molecule has 1 aliphatic rings. The molecule has 0 bridgehead atoms. The lowest BCUT2D eigenvalue weighted by molar-refractivity contribution is -0.138. The molecule has 0 radical (unpaired) electrons. The molecular formula is C26H36F3N3O3. The lowest BCUT2D eigenvalue weighted by Crippen LogP contribution is -2.50. The Balaban J connectivity index is 1.61. The molecule has 0 aliphatic carbocycles. The minimum Gasteiger partial charge on any atom is -0.444 e. The van der Waals surface area contributed by atoms with Crippen molar-refractivity contribution in [2.24, 2.45) is 0 Å². The first kappa shape index (κ1) is 27.0. The van der Waals surface area contributed by atoms with Crippen LogP contribution in [-0.2, 0) is 17.3 Å². The molecule has 0 saturated carbocycles. The number of hydrogen-bond donors (Lipinski definition) is 0. The Morgan fingerprint density at radius 3 is 2.37 bits per heavy atom. The van der Waals surface area contributed by atoms with E-state index in [-0.39, 0.29) is 17.3 Å². The average molecular weight is 496 g/mol. The number of likely N-dealkylation sites (tertiary alicyclic amines) is 1. The number of carbonyl (C=O) groups is 1. The molecule has 0 N–H and O–H groups in total. The fraction of sp³-hybridized carbons (Fsp3) is 0.654. The topological polar surface area (TPSA) is 68.5 Å². The minimum atomic E-state index is -4.46.